The molecule has 7 heteroatoms. The molecule has 0 unspecified atom stereocenters. The quantitative estimate of drug-likeness (QED) is 0.894. The molecular weight excluding hydrogens is 284 g/mol. The van der Waals surface area contributed by atoms with E-state index in [0.717, 1.165) is 11.4 Å². The third-order valence-corrected chi connectivity index (χ3v) is 3.33. The van der Waals surface area contributed by atoms with E-state index in [9.17, 15) is 4.79 Å². The molecule has 2 rings (SSSR count). The lowest BCUT2D eigenvalue weighted by Gasteiger charge is -2.22. The van der Waals surface area contributed by atoms with Crippen LogP contribution in [-0.4, -0.2) is 47.4 Å². The fourth-order valence-corrected chi connectivity index (χ4v) is 2.02. The number of nitrogens with zero attached hydrogens (tertiary/aromatic N) is 3. The summed E-state index contributed by atoms with van der Waals surface area (Å²) in [6.45, 7) is 8.05. The van der Waals surface area contributed by atoms with Crippen LogP contribution in [0.2, 0.25) is 0 Å². The highest BCUT2D eigenvalue weighted by Crippen LogP contribution is 2.28. The van der Waals surface area contributed by atoms with Crippen molar-refractivity contribution in [1.82, 2.24) is 9.88 Å². The summed E-state index contributed by atoms with van der Waals surface area (Å²) in [5.41, 5.74) is 4.89. The summed E-state index contributed by atoms with van der Waals surface area (Å²) in [6.07, 6.45) is 3.30. The molecular formula is C15H20N4O3. The highest BCUT2D eigenvalue weighted by atomic mass is 16.5. The molecule has 0 saturated heterocycles. The SMILES string of the molecule is C=CN1CCOc2cc(OC(C)(C)C(N)=O)ncc2C1=NC. The topological polar surface area (TPSA) is 90.0 Å². The zero-order chi connectivity index (χ0) is 16.3. The number of rotatable bonds is 4. The fraction of sp³-hybridized carbons (Fsp3) is 0.400. The smallest absolute Gasteiger partial charge is 0.261 e. The van der Waals surface area contributed by atoms with Crippen LogP contribution in [0.15, 0.2) is 30.0 Å². The molecule has 0 fully saturated rings. The molecule has 118 valence electrons. The first-order chi connectivity index (χ1) is 10.4. The maximum atomic E-state index is 11.4. The largest absolute Gasteiger partial charge is 0.491 e. The molecule has 2 heterocycles. The number of primary amides is 1. The number of aromatic nitrogens is 1. The number of carbonyl (C=O) groups is 1. The number of amides is 1. The van der Waals surface area contributed by atoms with Gasteiger partial charge < -0.3 is 20.1 Å². The van der Waals surface area contributed by atoms with E-state index in [-0.39, 0.29) is 5.88 Å². The lowest BCUT2D eigenvalue weighted by Crippen LogP contribution is -2.43. The van der Waals surface area contributed by atoms with Crippen LogP contribution in [0.25, 0.3) is 0 Å². The van der Waals surface area contributed by atoms with Crippen molar-refractivity contribution in [1.29, 1.82) is 0 Å². The minimum absolute atomic E-state index is 0.269. The van der Waals surface area contributed by atoms with Gasteiger partial charge in [0, 0.05) is 19.3 Å². The number of ether oxygens (including phenoxy) is 2. The number of aliphatic imine (C=N–C) groups is 1. The lowest BCUT2D eigenvalue weighted by molar-refractivity contribution is -0.130. The van der Waals surface area contributed by atoms with Crippen LogP contribution < -0.4 is 15.2 Å². The average molecular weight is 304 g/mol. The van der Waals surface area contributed by atoms with Crippen LogP contribution in [0.3, 0.4) is 0 Å². The molecule has 1 amide bonds. The Morgan fingerprint density at radius 1 is 1.64 bits per heavy atom. The Labute approximate surface area is 129 Å². The van der Waals surface area contributed by atoms with Crippen molar-refractivity contribution < 1.29 is 14.3 Å². The second kappa shape index (κ2) is 6.05. The standard InChI is InChI=1S/C15H20N4O3/c1-5-19-6-7-21-11-8-12(22-15(2,3)14(16)20)18-9-10(11)13(19)17-4/h5,8-9H,1,6-7H2,2-4H3,(H2,16,20). The number of fused-ring (bicyclic) bond motifs is 1. The average Bonchev–Trinajstić information content (AvgIpc) is 2.64. The summed E-state index contributed by atoms with van der Waals surface area (Å²) < 4.78 is 11.3. The molecule has 0 bridgehead atoms. The van der Waals surface area contributed by atoms with E-state index in [1.807, 2.05) is 4.90 Å². The van der Waals surface area contributed by atoms with Crippen LogP contribution in [0.5, 0.6) is 11.6 Å². The van der Waals surface area contributed by atoms with Crippen LogP contribution >= 0.6 is 0 Å². The third-order valence-electron chi connectivity index (χ3n) is 3.33. The van der Waals surface area contributed by atoms with Crippen molar-refractivity contribution in [2.45, 2.75) is 19.4 Å². The van der Waals surface area contributed by atoms with Gasteiger partial charge in [-0.1, -0.05) is 6.58 Å². The van der Waals surface area contributed by atoms with E-state index in [1.165, 1.54) is 0 Å². The summed E-state index contributed by atoms with van der Waals surface area (Å²) in [7, 11) is 1.70. The maximum absolute atomic E-state index is 11.4. The van der Waals surface area contributed by atoms with Gasteiger partial charge in [0.1, 0.15) is 18.2 Å². The Bertz CT molecular complexity index is 625. The van der Waals surface area contributed by atoms with Crippen LogP contribution in [0.1, 0.15) is 19.4 Å². The zero-order valence-electron chi connectivity index (χ0n) is 13.0. The molecule has 1 aromatic heterocycles. The molecule has 0 aliphatic carbocycles. The Morgan fingerprint density at radius 2 is 2.36 bits per heavy atom. The van der Waals surface area contributed by atoms with E-state index >= 15 is 0 Å². The monoisotopic (exact) mass is 304 g/mol. The molecule has 0 radical (unpaired) electrons. The van der Waals surface area contributed by atoms with Crippen molar-refractivity contribution >= 4 is 11.7 Å². The lowest BCUT2D eigenvalue weighted by atomic mass is 10.1. The molecule has 0 spiro atoms. The van der Waals surface area contributed by atoms with Gasteiger partial charge in [0.2, 0.25) is 5.88 Å². The molecule has 0 atom stereocenters. The normalized spacial score (nSPS) is 16.5. The molecule has 1 aromatic rings. The van der Waals surface area contributed by atoms with Gasteiger partial charge in [-0.15, -0.1) is 0 Å². The van der Waals surface area contributed by atoms with Crippen LogP contribution in [0.4, 0.5) is 0 Å². The number of nitrogens with two attached hydrogens (primary N) is 1. The van der Waals surface area contributed by atoms with E-state index in [4.69, 9.17) is 15.2 Å². The molecule has 1 aliphatic heterocycles. The number of pyridine rings is 1. The van der Waals surface area contributed by atoms with E-state index in [0.29, 0.717) is 18.9 Å². The number of hydrogen-bond donors (Lipinski definition) is 1. The first-order valence-corrected chi connectivity index (χ1v) is 6.87. The molecule has 22 heavy (non-hydrogen) atoms. The van der Waals surface area contributed by atoms with Gasteiger partial charge in [0.25, 0.3) is 5.91 Å². The number of hydrogen-bond acceptors (Lipinski definition) is 5. The van der Waals surface area contributed by atoms with Crippen molar-refractivity contribution in [2.24, 2.45) is 10.7 Å². The Kier molecular flexibility index (Phi) is 4.35. The molecule has 2 N–H and O–H groups in total. The van der Waals surface area contributed by atoms with Crippen molar-refractivity contribution in [3.8, 4) is 11.6 Å². The Morgan fingerprint density at radius 3 is 2.95 bits per heavy atom. The van der Waals surface area contributed by atoms with E-state index < -0.39 is 11.5 Å². The van der Waals surface area contributed by atoms with Crippen LogP contribution in [-0.2, 0) is 4.79 Å². The van der Waals surface area contributed by atoms with Gasteiger partial charge in [-0.05, 0) is 20.0 Å². The van der Waals surface area contributed by atoms with Gasteiger partial charge in [-0.25, -0.2) is 4.98 Å². The van der Waals surface area contributed by atoms with Crippen molar-refractivity contribution in [2.75, 3.05) is 20.2 Å². The van der Waals surface area contributed by atoms with Gasteiger partial charge in [-0.2, -0.15) is 0 Å². The second-order valence-electron chi connectivity index (χ2n) is 5.27. The summed E-state index contributed by atoms with van der Waals surface area (Å²) in [4.78, 5) is 21.7. The number of carbonyl (C=O) groups excluding carboxylic acids is 1. The predicted octanol–water partition coefficient (Wildman–Crippen LogP) is 0.939. The molecule has 7 nitrogen and oxygen atoms in total. The van der Waals surface area contributed by atoms with Gasteiger partial charge >= 0.3 is 0 Å². The summed E-state index contributed by atoms with van der Waals surface area (Å²) in [5, 5.41) is 0. The highest BCUT2D eigenvalue weighted by molar-refractivity contribution is 6.01. The summed E-state index contributed by atoms with van der Waals surface area (Å²) >= 11 is 0. The highest BCUT2D eigenvalue weighted by Gasteiger charge is 2.29. The molecule has 0 aromatic carbocycles. The summed E-state index contributed by atoms with van der Waals surface area (Å²) in [6, 6.07) is 1.64. The van der Waals surface area contributed by atoms with E-state index in [2.05, 4.69) is 16.6 Å². The predicted molar refractivity (Wildman–Crippen MR) is 83.0 cm³/mol. The van der Waals surface area contributed by atoms with Gasteiger partial charge in [-0.3, -0.25) is 9.79 Å². The van der Waals surface area contributed by atoms with E-state index in [1.54, 1.807) is 39.4 Å². The fourth-order valence-electron chi connectivity index (χ4n) is 2.02. The van der Waals surface area contributed by atoms with Gasteiger partial charge in [0.15, 0.2) is 5.60 Å². The van der Waals surface area contributed by atoms with Crippen LogP contribution in [0, 0.1) is 0 Å². The van der Waals surface area contributed by atoms with Gasteiger partial charge in [0.05, 0.1) is 12.1 Å². The van der Waals surface area contributed by atoms with Crippen molar-refractivity contribution in [3.63, 3.8) is 0 Å². The zero-order valence-corrected chi connectivity index (χ0v) is 13.0. The minimum Gasteiger partial charge on any atom is -0.491 e. The summed E-state index contributed by atoms with van der Waals surface area (Å²) in [5.74, 6) is 1.01. The minimum atomic E-state index is -1.15. The Hall–Kier alpha value is -2.57. The van der Waals surface area contributed by atoms with Crippen molar-refractivity contribution in [3.05, 3.63) is 30.6 Å². The molecule has 1 aliphatic rings. The second-order valence-corrected chi connectivity index (χ2v) is 5.27. The first-order valence-electron chi connectivity index (χ1n) is 6.87. The maximum Gasteiger partial charge on any atom is 0.261 e. The Balaban J connectivity index is 2.37. The first kappa shape index (κ1) is 15.8. The molecule has 0 saturated carbocycles. The number of amidine groups is 1. The third kappa shape index (κ3) is 3.03.